The Bertz CT molecular complexity index is 1220. The number of nitrogens with one attached hydrogen (secondary N) is 1. The van der Waals surface area contributed by atoms with Crippen molar-refractivity contribution < 1.29 is 31.5 Å². The number of carboxylic acids is 1. The molecule has 12 heteroatoms. The molecular weight excluding hydrogens is 461 g/mol. The number of rotatable bonds is 5. The largest absolute Gasteiger partial charge is 0.490 e. The van der Waals surface area contributed by atoms with Crippen molar-refractivity contribution in [1.82, 2.24) is 19.2 Å². The van der Waals surface area contributed by atoms with Crippen LogP contribution in [0.5, 0.6) is 0 Å². The second kappa shape index (κ2) is 9.89. The van der Waals surface area contributed by atoms with Gasteiger partial charge in [0.15, 0.2) is 0 Å². The lowest BCUT2D eigenvalue weighted by molar-refractivity contribution is -0.192. The highest BCUT2D eigenvalue weighted by atomic mass is 32.2. The van der Waals surface area contributed by atoms with E-state index in [0.29, 0.717) is 6.54 Å². The summed E-state index contributed by atoms with van der Waals surface area (Å²) in [6.07, 6.45) is -0.236. The molecule has 0 saturated carbocycles. The first-order valence-corrected chi connectivity index (χ1v) is 11.8. The summed E-state index contributed by atoms with van der Waals surface area (Å²) in [5, 5.41) is 9.63. The van der Waals surface area contributed by atoms with E-state index in [0.717, 1.165) is 25.3 Å². The number of nitrogens with zero attached hydrogens (tertiary/aromatic N) is 3. The molecule has 0 radical (unpaired) electrons. The number of sulfonamides is 1. The van der Waals surface area contributed by atoms with Gasteiger partial charge in [0.1, 0.15) is 0 Å². The number of carboxylic acid groups (broad SMARTS) is 1. The van der Waals surface area contributed by atoms with Crippen LogP contribution in [-0.4, -0.2) is 59.5 Å². The Morgan fingerprint density at radius 2 is 1.88 bits per heavy atom. The van der Waals surface area contributed by atoms with E-state index in [2.05, 4.69) is 61.6 Å². The van der Waals surface area contributed by atoms with Crippen molar-refractivity contribution in [3.8, 4) is 0 Å². The molecule has 0 aliphatic carbocycles. The average Bonchev–Trinajstić information content (AvgIpc) is 3.20. The zero-order valence-corrected chi connectivity index (χ0v) is 18.5. The number of hydrogen-bond donors (Lipinski definition) is 2. The number of hydrogen-bond acceptors (Lipinski definition) is 5. The van der Waals surface area contributed by atoms with Gasteiger partial charge in [0, 0.05) is 32.4 Å². The van der Waals surface area contributed by atoms with Gasteiger partial charge in [0.05, 0.1) is 24.3 Å². The first-order valence-electron chi connectivity index (χ1n) is 9.88. The molecule has 0 spiro atoms. The van der Waals surface area contributed by atoms with Gasteiger partial charge in [-0.2, -0.15) is 13.2 Å². The summed E-state index contributed by atoms with van der Waals surface area (Å²) in [7, 11) is -3.22. The van der Waals surface area contributed by atoms with Crippen LogP contribution in [0.1, 0.15) is 17.3 Å². The van der Waals surface area contributed by atoms with Crippen LogP contribution in [0.2, 0.25) is 0 Å². The molecule has 0 fully saturated rings. The predicted molar refractivity (Wildman–Crippen MR) is 116 cm³/mol. The van der Waals surface area contributed by atoms with Crippen LogP contribution in [0.25, 0.3) is 10.8 Å². The first kappa shape index (κ1) is 24.7. The smallest absolute Gasteiger partial charge is 0.475 e. The Balaban J connectivity index is 0.000000383. The minimum atomic E-state index is -5.08. The molecule has 0 amide bonds. The maximum atomic E-state index is 11.5. The van der Waals surface area contributed by atoms with Crippen molar-refractivity contribution in [3.05, 3.63) is 66.2 Å². The fourth-order valence-corrected chi connectivity index (χ4v) is 4.16. The summed E-state index contributed by atoms with van der Waals surface area (Å²) < 4.78 is 59.4. The van der Waals surface area contributed by atoms with E-state index in [1.54, 1.807) is 6.33 Å². The molecule has 3 aromatic rings. The number of aliphatic carboxylic acids is 1. The number of alkyl halides is 3. The van der Waals surface area contributed by atoms with Crippen LogP contribution in [-0.2, 0) is 27.9 Å². The predicted octanol–water partition coefficient (Wildman–Crippen LogP) is 2.78. The van der Waals surface area contributed by atoms with Gasteiger partial charge in [-0.3, -0.25) is 4.90 Å². The fraction of sp³-hybridized carbons (Fsp3) is 0.333. The van der Waals surface area contributed by atoms with Crippen molar-refractivity contribution in [2.75, 3.05) is 19.3 Å². The minimum absolute atomic E-state index is 0.0333. The first-order chi connectivity index (χ1) is 15.4. The lowest BCUT2D eigenvalue weighted by Crippen LogP contribution is -2.41. The lowest BCUT2D eigenvalue weighted by atomic mass is 10.0. The Hall–Kier alpha value is -2.96. The summed E-state index contributed by atoms with van der Waals surface area (Å²) in [4.78, 5) is 15.5. The quantitative estimate of drug-likeness (QED) is 0.577. The summed E-state index contributed by atoms with van der Waals surface area (Å²) in [5.41, 5.74) is 2.39. The molecule has 0 saturated heterocycles. The van der Waals surface area contributed by atoms with Crippen molar-refractivity contribution in [3.63, 3.8) is 0 Å². The van der Waals surface area contributed by atoms with Gasteiger partial charge < -0.3 is 9.67 Å². The highest BCUT2D eigenvalue weighted by Crippen LogP contribution is 2.25. The third-order valence-corrected chi connectivity index (χ3v) is 5.78. The van der Waals surface area contributed by atoms with Crippen LogP contribution in [0, 0.1) is 0 Å². The van der Waals surface area contributed by atoms with Gasteiger partial charge >= 0.3 is 12.1 Å². The molecule has 1 aliphatic heterocycles. The molecule has 33 heavy (non-hydrogen) atoms. The Morgan fingerprint density at radius 3 is 2.55 bits per heavy atom. The highest BCUT2D eigenvalue weighted by molar-refractivity contribution is 7.88. The number of benzene rings is 2. The molecule has 1 unspecified atom stereocenters. The SMILES string of the molecule is CS(=O)(=O)NCC1CN(Cc2cccc3ccccc23)Cc2cncn21.O=C(O)C(F)(F)F. The lowest BCUT2D eigenvalue weighted by Gasteiger charge is -2.34. The number of carbonyl (C=O) groups is 1. The maximum Gasteiger partial charge on any atom is 0.490 e. The van der Waals surface area contributed by atoms with Gasteiger partial charge in [0.2, 0.25) is 10.0 Å². The topological polar surface area (TPSA) is 105 Å². The molecule has 1 atom stereocenters. The van der Waals surface area contributed by atoms with Gasteiger partial charge in [-0.1, -0.05) is 42.5 Å². The van der Waals surface area contributed by atoms with Gasteiger partial charge in [-0.15, -0.1) is 0 Å². The normalized spacial score (nSPS) is 16.7. The highest BCUT2D eigenvalue weighted by Gasteiger charge is 2.38. The average molecular weight is 485 g/mol. The standard InChI is InChI=1S/C19H22N4O2S.C2HF3O2/c1-26(24,25)21-10-18-13-22(12-17-9-20-14-23(17)18)11-16-7-4-6-15-5-2-3-8-19(15)16;3-2(4,5)1(6)7/h2-9,14,18,21H,10-13H2,1H3;(H,6,7). The zero-order chi connectivity index (χ0) is 24.2. The second-order valence-corrected chi connectivity index (χ2v) is 9.51. The van der Waals surface area contributed by atoms with Gasteiger partial charge in [-0.25, -0.2) is 22.9 Å². The molecule has 1 aromatic heterocycles. The Labute approximate surface area is 188 Å². The molecule has 1 aliphatic rings. The molecule has 2 heterocycles. The minimum Gasteiger partial charge on any atom is -0.475 e. The maximum absolute atomic E-state index is 11.5. The van der Waals surface area contributed by atoms with E-state index in [9.17, 15) is 21.6 Å². The Morgan fingerprint density at radius 1 is 1.21 bits per heavy atom. The van der Waals surface area contributed by atoms with Gasteiger partial charge in [-0.05, 0) is 16.3 Å². The third kappa shape index (κ3) is 6.76. The molecule has 2 N–H and O–H groups in total. The summed E-state index contributed by atoms with van der Waals surface area (Å²) in [6.45, 7) is 2.77. The van der Waals surface area contributed by atoms with Crippen LogP contribution in [0.3, 0.4) is 0 Å². The van der Waals surface area contributed by atoms with Crippen LogP contribution in [0.15, 0.2) is 55.0 Å². The summed E-state index contributed by atoms with van der Waals surface area (Å²) in [5.74, 6) is -2.76. The van der Waals surface area contributed by atoms with Crippen molar-refractivity contribution in [1.29, 1.82) is 0 Å². The number of halogens is 3. The summed E-state index contributed by atoms with van der Waals surface area (Å²) in [6, 6.07) is 14.8. The van der Waals surface area contributed by atoms with E-state index in [1.165, 1.54) is 22.6 Å². The van der Waals surface area contributed by atoms with E-state index >= 15 is 0 Å². The fourth-order valence-electron chi connectivity index (χ4n) is 3.67. The van der Waals surface area contributed by atoms with Crippen molar-refractivity contribution >= 4 is 26.8 Å². The van der Waals surface area contributed by atoms with E-state index in [4.69, 9.17) is 9.90 Å². The second-order valence-electron chi connectivity index (χ2n) is 7.68. The van der Waals surface area contributed by atoms with Crippen molar-refractivity contribution in [2.24, 2.45) is 0 Å². The molecule has 178 valence electrons. The molecular formula is C21H23F3N4O4S. The molecule has 8 nitrogen and oxygen atoms in total. The number of aromatic nitrogens is 2. The molecule has 4 rings (SSSR count). The van der Waals surface area contributed by atoms with E-state index in [-0.39, 0.29) is 6.04 Å². The molecule has 2 aromatic carbocycles. The van der Waals surface area contributed by atoms with E-state index < -0.39 is 22.2 Å². The third-order valence-electron chi connectivity index (χ3n) is 5.09. The van der Waals surface area contributed by atoms with Crippen LogP contribution in [0.4, 0.5) is 13.2 Å². The number of imidazole rings is 1. The number of fused-ring (bicyclic) bond motifs is 2. The van der Waals surface area contributed by atoms with Crippen LogP contribution >= 0.6 is 0 Å². The monoisotopic (exact) mass is 484 g/mol. The molecule has 0 bridgehead atoms. The zero-order valence-electron chi connectivity index (χ0n) is 17.7. The summed E-state index contributed by atoms with van der Waals surface area (Å²) >= 11 is 0. The Kier molecular flexibility index (Phi) is 7.40. The van der Waals surface area contributed by atoms with Gasteiger partial charge in [0.25, 0.3) is 0 Å². The van der Waals surface area contributed by atoms with Crippen molar-refractivity contribution in [2.45, 2.75) is 25.3 Å². The van der Waals surface area contributed by atoms with Crippen LogP contribution < -0.4 is 4.72 Å². The van der Waals surface area contributed by atoms with E-state index in [1.807, 2.05) is 6.20 Å².